The number of rotatable bonds is 5. The summed E-state index contributed by atoms with van der Waals surface area (Å²) in [6, 6.07) is 7.99. The normalized spacial score (nSPS) is 18.4. The number of carbonyl (C=O) groups excluding carboxylic acids is 1. The van der Waals surface area contributed by atoms with E-state index in [4.69, 9.17) is 4.74 Å². The van der Waals surface area contributed by atoms with Gasteiger partial charge in [-0.1, -0.05) is 29.8 Å². The van der Waals surface area contributed by atoms with E-state index < -0.39 is 6.10 Å². The van der Waals surface area contributed by atoms with Gasteiger partial charge in [0.2, 0.25) is 0 Å². The molecule has 1 aliphatic rings. The number of carbonyl (C=O) groups is 1. The van der Waals surface area contributed by atoms with Crippen LogP contribution in [0.5, 0.6) is 0 Å². The Balaban J connectivity index is 1.80. The van der Waals surface area contributed by atoms with E-state index >= 15 is 0 Å². The van der Waals surface area contributed by atoms with Gasteiger partial charge in [-0.05, 0) is 45.3 Å². The van der Waals surface area contributed by atoms with Gasteiger partial charge in [0.25, 0.3) is 0 Å². The minimum atomic E-state index is -0.468. The molecule has 0 aliphatic carbocycles. The number of benzene rings is 1. The van der Waals surface area contributed by atoms with Crippen LogP contribution in [-0.2, 0) is 9.53 Å². The summed E-state index contributed by atoms with van der Waals surface area (Å²) in [5.74, 6) is -0.0473. The van der Waals surface area contributed by atoms with E-state index in [-0.39, 0.29) is 11.9 Å². The van der Waals surface area contributed by atoms with Crippen LogP contribution in [0.1, 0.15) is 37.0 Å². The average molecular weight is 291 g/mol. The Kier molecular flexibility index (Phi) is 5.76. The molecule has 1 atom stereocenters. The van der Waals surface area contributed by atoms with Gasteiger partial charge in [0.15, 0.2) is 0 Å². The Morgan fingerprint density at radius 3 is 2.52 bits per heavy atom. The maximum absolute atomic E-state index is 11.7. The van der Waals surface area contributed by atoms with Gasteiger partial charge < -0.3 is 14.7 Å². The van der Waals surface area contributed by atoms with Crippen LogP contribution in [0.3, 0.4) is 0 Å². The average Bonchev–Trinajstić information content (AvgIpc) is 2.49. The predicted octanol–water partition coefficient (Wildman–Crippen LogP) is 2.30. The highest BCUT2D eigenvalue weighted by Crippen LogP contribution is 2.22. The molecule has 1 aromatic carbocycles. The lowest BCUT2D eigenvalue weighted by Crippen LogP contribution is -2.39. The fourth-order valence-electron chi connectivity index (χ4n) is 2.75. The van der Waals surface area contributed by atoms with Crippen molar-refractivity contribution in [3.05, 3.63) is 35.4 Å². The van der Waals surface area contributed by atoms with Crippen molar-refractivity contribution in [1.82, 2.24) is 4.90 Å². The van der Waals surface area contributed by atoms with E-state index in [1.807, 2.05) is 38.1 Å². The summed E-state index contributed by atoms with van der Waals surface area (Å²) in [5, 5.41) is 10.3. The summed E-state index contributed by atoms with van der Waals surface area (Å²) in [6.45, 7) is 6.63. The first-order chi connectivity index (χ1) is 10.1. The van der Waals surface area contributed by atoms with Gasteiger partial charge in [0, 0.05) is 6.54 Å². The van der Waals surface area contributed by atoms with Crippen molar-refractivity contribution in [2.75, 3.05) is 26.2 Å². The lowest BCUT2D eigenvalue weighted by Gasteiger charge is -2.32. The van der Waals surface area contributed by atoms with Crippen molar-refractivity contribution in [3.8, 4) is 0 Å². The van der Waals surface area contributed by atoms with Crippen molar-refractivity contribution in [2.24, 2.45) is 5.92 Å². The maximum Gasteiger partial charge on any atom is 0.309 e. The number of β-amino-alcohol motifs (C(OH)–C–C–N with tert-alkyl or cyclic N) is 1. The van der Waals surface area contributed by atoms with Crippen molar-refractivity contribution in [2.45, 2.75) is 32.8 Å². The SMILES string of the molecule is CCOC(=O)C1CCN(CC(O)c2ccc(C)cc2)CC1. The second kappa shape index (κ2) is 7.57. The third-order valence-corrected chi connectivity index (χ3v) is 4.10. The molecular formula is C17H25NO3. The topological polar surface area (TPSA) is 49.8 Å². The number of aliphatic hydroxyl groups is 1. The first kappa shape index (κ1) is 16.0. The molecule has 1 N–H and O–H groups in total. The largest absolute Gasteiger partial charge is 0.466 e. The summed E-state index contributed by atoms with van der Waals surface area (Å²) < 4.78 is 5.07. The predicted molar refractivity (Wildman–Crippen MR) is 81.9 cm³/mol. The Morgan fingerprint density at radius 2 is 1.95 bits per heavy atom. The number of esters is 1. The van der Waals surface area contributed by atoms with Crippen LogP contribution in [0.15, 0.2) is 24.3 Å². The fourth-order valence-corrected chi connectivity index (χ4v) is 2.75. The van der Waals surface area contributed by atoms with E-state index in [9.17, 15) is 9.90 Å². The van der Waals surface area contributed by atoms with Crippen molar-refractivity contribution in [1.29, 1.82) is 0 Å². The monoisotopic (exact) mass is 291 g/mol. The molecule has 0 saturated carbocycles. The van der Waals surface area contributed by atoms with Crippen LogP contribution in [0.25, 0.3) is 0 Å². The van der Waals surface area contributed by atoms with Crippen LogP contribution in [0.4, 0.5) is 0 Å². The minimum Gasteiger partial charge on any atom is -0.466 e. The third kappa shape index (κ3) is 4.55. The van der Waals surface area contributed by atoms with Crippen molar-refractivity contribution < 1.29 is 14.6 Å². The van der Waals surface area contributed by atoms with Crippen LogP contribution in [0, 0.1) is 12.8 Å². The molecule has 1 fully saturated rings. The minimum absolute atomic E-state index is 0.0257. The second-order valence-electron chi connectivity index (χ2n) is 5.75. The van der Waals surface area contributed by atoms with Gasteiger partial charge in [-0.2, -0.15) is 0 Å². The first-order valence-electron chi connectivity index (χ1n) is 7.73. The summed E-state index contributed by atoms with van der Waals surface area (Å²) >= 11 is 0. The highest BCUT2D eigenvalue weighted by atomic mass is 16.5. The molecule has 1 aromatic rings. The van der Waals surface area contributed by atoms with Crippen LogP contribution < -0.4 is 0 Å². The van der Waals surface area contributed by atoms with Gasteiger partial charge in [-0.25, -0.2) is 0 Å². The Bertz CT molecular complexity index is 450. The summed E-state index contributed by atoms with van der Waals surface area (Å²) in [4.78, 5) is 13.9. The third-order valence-electron chi connectivity index (χ3n) is 4.10. The maximum atomic E-state index is 11.7. The molecule has 21 heavy (non-hydrogen) atoms. The molecular weight excluding hydrogens is 266 g/mol. The van der Waals surface area contributed by atoms with E-state index in [1.54, 1.807) is 0 Å². The van der Waals surface area contributed by atoms with E-state index in [0.29, 0.717) is 13.2 Å². The van der Waals surface area contributed by atoms with E-state index in [0.717, 1.165) is 31.5 Å². The quantitative estimate of drug-likeness (QED) is 0.846. The first-order valence-corrected chi connectivity index (χ1v) is 7.73. The molecule has 116 valence electrons. The zero-order chi connectivity index (χ0) is 15.2. The molecule has 4 nitrogen and oxygen atoms in total. The Hall–Kier alpha value is -1.39. The molecule has 1 heterocycles. The standard InChI is InChI=1S/C17H25NO3/c1-3-21-17(20)15-8-10-18(11-9-15)12-16(19)14-6-4-13(2)5-7-14/h4-7,15-16,19H,3,8-12H2,1-2H3. The smallest absolute Gasteiger partial charge is 0.309 e. The lowest BCUT2D eigenvalue weighted by atomic mass is 9.96. The van der Waals surface area contributed by atoms with Crippen LogP contribution >= 0.6 is 0 Å². The van der Waals surface area contributed by atoms with E-state index in [2.05, 4.69) is 4.90 Å². The molecule has 0 radical (unpaired) electrons. The molecule has 4 heteroatoms. The van der Waals surface area contributed by atoms with Gasteiger partial charge in [0.1, 0.15) is 0 Å². The Morgan fingerprint density at radius 1 is 1.33 bits per heavy atom. The lowest BCUT2D eigenvalue weighted by molar-refractivity contribution is -0.149. The van der Waals surface area contributed by atoms with E-state index in [1.165, 1.54) is 5.56 Å². The fraction of sp³-hybridized carbons (Fsp3) is 0.588. The zero-order valence-electron chi connectivity index (χ0n) is 12.9. The number of hydrogen-bond acceptors (Lipinski definition) is 4. The molecule has 0 spiro atoms. The zero-order valence-corrected chi connectivity index (χ0v) is 12.9. The van der Waals surface area contributed by atoms with Gasteiger partial charge in [-0.3, -0.25) is 4.79 Å². The number of nitrogens with zero attached hydrogens (tertiary/aromatic N) is 1. The molecule has 1 unspecified atom stereocenters. The highest BCUT2D eigenvalue weighted by molar-refractivity contribution is 5.72. The van der Waals surface area contributed by atoms with Gasteiger partial charge >= 0.3 is 5.97 Å². The number of aliphatic hydroxyl groups excluding tert-OH is 1. The number of likely N-dealkylation sites (tertiary alicyclic amines) is 1. The van der Waals surface area contributed by atoms with Crippen molar-refractivity contribution >= 4 is 5.97 Å². The van der Waals surface area contributed by atoms with Crippen LogP contribution in [0.2, 0.25) is 0 Å². The number of ether oxygens (including phenoxy) is 1. The molecule has 0 bridgehead atoms. The van der Waals surface area contributed by atoms with Gasteiger partial charge in [0.05, 0.1) is 18.6 Å². The molecule has 0 aromatic heterocycles. The van der Waals surface area contributed by atoms with Gasteiger partial charge in [-0.15, -0.1) is 0 Å². The summed E-state index contributed by atoms with van der Waals surface area (Å²) in [5.41, 5.74) is 2.15. The summed E-state index contributed by atoms with van der Waals surface area (Å²) in [7, 11) is 0. The summed E-state index contributed by atoms with van der Waals surface area (Å²) in [6.07, 6.45) is 1.17. The Labute approximate surface area is 126 Å². The highest BCUT2D eigenvalue weighted by Gasteiger charge is 2.26. The molecule has 2 rings (SSSR count). The van der Waals surface area contributed by atoms with Crippen molar-refractivity contribution in [3.63, 3.8) is 0 Å². The second-order valence-corrected chi connectivity index (χ2v) is 5.75. The number of hydrogen-bond donors (Lipinski definition) is 1. The molecule has 1 aliphatic heterocycles. The molecule has 1 saturated heterocycles. The van der Waals surface area contributed by atoms with Crippen LogP contribution in [-0.4, -0.2) is 42.2 Å². The molecule has 0 amide bonds. The number of aryl methyl sites for hydroxylation is 1. The number of piperidine rings is 1.